The van der Waals surface area contributed by atoms with Gasteiger partial charge in [-0.2, -0.15) is 0 Å². The van der Waals surface area contributed by atoms with Crippen molar-refractivity contribution >= 4 is 39.8 Å². The molecule has 0 bridgehead atoms. The number of aryl methyl sites for hydroxylation is 3. The number of carbonyl (C=O) groups is 1. The first kappa shape index (κ1) is 22.0. The maximum absolute atomic E-state index is 12.5. The topological polar surface area (TPSA) is 63.9 Å². The van der Waals surface area contributed by atoms with Crippen LogP contribution in [0.3, 0.4) is 0 Å². The summed E-state index contributed by atoms with van der Waals surface area (Å²) in [5.41, 5.74) is 4.09. The largest absolute Gasteiger partial charge is 0.303 e. The van der Waals surface area contributed by atoms with Gasteiger partial charge in [0.05, 0.1) is 11.4 Å². The second kappa shape index (κ2) is 9.53. The Bertz CT molecular complexity index is 1070. The van der Waals surface area contributed by atoms with Gasteiger partial charge in [-0.1, -0.05) is 48.7 Å². The van der Waals surface area contributed by atoms with Crippen LogP contribution in [0.5, 0.6) is 0 Å². The average molecular weight is 456 g/mol. The smallest absolute Gasteiger partial charge is 0.230 e. The number of aromatic nitrogens is 4. The Morgan fingerprint density at radius 1 is 1.19 bits per heavy atom. The number of carbonyl (C=O) groups excluding carboxylic acids is 1. The fourth-order valence-corrected chi connectivity index (χ4v) is 6.20. The molecule has 1 aromatic carbocycles. The summed E-state index contributed by atoms with van der Waals surface area (Å²) in [6, 6.07) is 6.63. The first-order valence-electron chi connectivity index (χ1n) is 10.8. The highest BCUT2D eigenvalue weighted by Crippen LogP contribution is 2.35. The first-order chi connectivity index (χ1) is 14.9. The van der Waals surface area contributed by atoms with Gasteiger partial charge in [-0.15, -0.1) is 21.5 Å². The summed E-state index contributed by atoms with van der Waals surface area (Å²) < 4.78 is 2.31. The number of amides is 1. The maximum atomic E-state index is 12.5. The average Bonchev–Trinajstić information content (AvgIpc) is 3.35. The van der Waals surface area contributed by atoms with Crippen LogP contribution >= 0.6 is 23.1 Å². The van der Waals surface area contributed by atoms with Gasteiger partial charge in [0, 0.05) is 24.1 Å². The lowest BCUT2D eigenvalue weighted by atomic mass is 9.95. The number of benzene rings is 1. The fourth-order valence-electron chi connectivity index (χ4n) is 4.28. The summed E-state index contributed by atoms with van der Waals surface area (Å²) in [7, 11) is 0. The molecule has 0 aliphatic heterocycles. The Balaban J connectivity index is 1.51. The van der Waals surface area contributed by atoms with Crippen LogP contribution in [0.2, 0.25) is 0 Å². The number of rotatable bonds is 6. The molecule has 164 valence electrons. The Labute approximate surface area is 192 Å². The van der Waals surface area contributed by atoms with Crippen LogP contribution in [0.15, 0.2) is 28.7 Å². The third kappa shape index (κ3) is 4.85. The van der Waals surface area contributed by atoms with Crippen molar-refractivity contribution in [3.05, 3.63) is 46.2 Å². The maximum Gasteiger partial charge on any atom is 0.230 e. The van der Waals surface area contributed by atoms with Crippen molar-refractivity contribution in [2.75, 3.05) is 4.90 Å². The molecule has 0 N–H and O–H groups in total. The molecule has 1 saturated carbocycles. The van der Waals surface area contributed by atoms with E-state index in [-0.39, 0.29) is 5.91 Å². The van der Waals surface area contributed by atoms with Crippen molar-refractivity contribution in [2.24, 2.45) is 0 Å². The first-order valence-corrected chi connectivity index (χ1v) is 12.7. The molecule has 3 aromatic rings. The Morgan fingerprint density at radius 2 is 1.97 bits per heavy atom. The Kier molecular flexibility index (Phi) is 6.77. The van der Waals surface area contributed by atoms with E-state index in [9.17, 15) is 4.79 Å². The van der Waals surface area contributed by atoms with E-state index >= 15 is 0 Å². The van der Waals surface area contributed by atoms with Crippen molar-refractivity contribution in [1.29, 1.82) is 0 Å². The quantitative estimate of drug-likeness (QED) is 0.418. The number of anilines is 2. The second-order valence-corrected chi connectivity index (χ2v) is 10.0. The minimum Gasteiger partial charge on any atom is -0.303 e. The van der Waals surface area contributed by atoms with Crippen molar-refractivity contribution < 1.29 is 4.79 Å². The van der Waals surface area contributed by atoms with E-state index in [2.05, 4.69) is 27.8 Å². The predicted molar refractivity (Wildman–Crippen MR) is 127 cm³/mol. The van der Waals surface area contributed by atoms with Gasteiger partial charge >= 0.3 is 0 Å². The fraction of sp³-hybridized carbons (Fsp3) is 0.478. The summed E-state index contributed by atoms with van der Waals surface area (Å²) in [5, 5.41) is 12.5. The summed E-state index contributed by atoms with van der Waals surface area (Å²) in [6.45, 7) is 7.72. The van der Waals surface area contributed by atoms with Crippen molar-refractivity contribution in [3.63, 3.8) is 0 Å². The molecule has 0 saturated heterocycles. The van der Waals surface area contributed by atoms with Gasteiger partial charge in [0.2, 0.25) is 5.91 Å². The number of nitrogens with zero attached hydrogens (tertiary/aromatic N) is 5. The molecular formula is C23H29N5OS2. The molecule has 6 nitrogen and oxygen atoms in total. The van der Waals surface area contributed by atoms with Crippen LogP contribution in [0.25, 0.3) is 0 Å². The van der Waals surface area contributed by atoms with Crippen molar-refractivity contribution in [1.82, 2.24) is 19.7 Å². The van der Waals surface area contributed by atoms with Gasteiger partial charge in [0.25, 0.3) is 0 Å². The molecule has 0 unspecified atom stereocenters. The molecule has 1 aliphatic carbocycles. The predicted octanol–water partition coefficient (Wildman–Crippen LogP) is 6.14. The van der Waals surface area contributed by atoms with Crippen LogP contribution in [0, 0.1) is 20.8 Å². The van der Waals surface area contributed by atoms with Gasteiger partial charge in [0.1, 0.15) is 5.82 Å². The summed E-state index contributed by atoms with van der Waals surface area (Å²) in [6.07, 6.45) is 6.30. The summed E-state index contributed by atoms with van der Waals surface area (Å²) in [5.74, 6) is 1.67. The monoisotopic (exact) mass is 455 g/mol. The SMILES string of the molecule is CC(=O)N(c1nc(CSc2nnc(C)n2C2CCCCC2)cs1)c1ccc(C)cc1C. The zero-order valence-corrected chi connectivity index (χ0v) is 20.2. The van der Waals surface area contributed by atoms with Gasteiger partial charge in [-0.05, 0) is 45.2 Å². The lowest BCUT2D eigenvalue weighted by Crippen LogP contribution is -2.23. The number of thiazole rings is 1. The number of thioether (sulfide) groups is 1. The molecule has 4 rings (SSSR count). The van der Waals surface area contributed by atoms with Gasteiger partial charge in [-0.3, -0.25) is 9.69 Å². The van der Waals surface area contributed by atoms with Gasteiger partial charge in [0.15, 0.2) is 10.3 Å². The second-order valence-electron chi connectivity index (χ2n) is 8.25. The molecular weight excluding hydrogens is 426 g/mol. The van der Waals surface area contributed by atoms with Crippen LogP contribution in [0.4, 0.5) is 10.8 Å². The molecule has 8 heteroatoms. The van der Waals surface area contributed by atoms with E-state index in [1.54, 1.807) is 23.6 Å². The highest BCUT2D eigenvalue weighted by Gasteiger charge is 2.23. The van der Waals surface area contributed by atoms with E-state index in [4.69, 9.17) is 4.98 Å². The van der Waals surface area contributed by atoms with Gasteiger partial charge in [-0.25, -0.2) is 4.98 Å². The third-order valence-electron chi connectivity index (χ3n) is 5.76. The zero-order chi connectivity index (χ0) is 22.0. The lowest BCUT2D eigenvalue weighted by Gasteiger charge is -2.24. The molecule has 2 aromatic heterocycles. The minimum atomic E-state index is -0.0341. The molecule has 31 heavy (non-hydrogen) atoms. The highest BCUT2D eigenvalue weighted by atomic mass is 32.2. The summed E-state index contributed by atoms with van der Waals surface area (Å²) in [4.78, 5) is 19.0. The molecule has 1 aliphatic rings. The minimum absolute atomic E-state index is 0.0341. The van der Waals surface area contributed by atoms with Crippen molar-refractivity contribution in [2.45, 2.75) is 76.8 Å². The van der Waals surface area contributed by atoms with Crippen LogP contribution in [0.1, 0.15) is 67.7 Å². The van der Waals surface area contributed by atoms with Gasteiger partial charge < -0.3 is 4.57 Å². The molecule has 2 heterocycles. The lowest BCUT2D eigenvalue weighted by molar-refractivity contribution is -0.115. The molecule has 1 amide bonds. The third-order valence-corrected chi connectivity index (χ3v) is 7.61. The standard InChI is InChI=1S/C23H29N5OS2/c1-15-10-11-21(16(2)12-15)28(18(4)29)22-24-19(13-30-22)14-31-23-26-25-17(3)27(23)20-8-6-5-7-9-20/h10-13,20H,5-9,14H2,1-4H3. The summed E-state index contributed by atoms with van der Waals surface area (Å²) >= 11 is 3.18. The van der Waals surface area contributed by atoms with E-state index in [1.165, 1.54) is 49.0 Å². The van der Waals surface area contributed by atoms with Crippen LogP contribution in [-0.4, -0.2) is 25.7 Å². The van der Waals surface area contributed by atoms with E-state index in [1.807, 2.05) is 31.4 Å². The van der Waals surface area contributed by atoms with E-state index < -0.39 is 0 Å². The normalized spacial score (nSPS) is 14.7. The van der Waals surface area contributed by atoms with E-state index in [0.29, 0.717) is 16.9 Å². The number of hydrogen-bond acceptors (Lipinski definition) is 6. The number of hydrogen-bond donors (Lipinski definition) is 0. The highest BCUT2D eigenvalue weighted by molar-refractivity contribution is 7.98. The van der Waals surface area contributed by atoms with Crippen LogP contribution < -0.4 is 4.90 Å². The molecule has 0 atom stereocenters. The molecule has 0 radical (unpaired) electrons. The van der Waals surface area contributed by atoms with Crippen LogP contribution in [-0.2, 0) is 10.5 Å². The van der Waals surface area contributed by atoms with Crippen molar-refractivity contribution in [3.8, 4) is 0 Å². The van der Waals surface area contributed by atoms with E-state index in [0.717, 1.165) is 27.9 Å². The Hall–Kier alpha value is -2.19. The Morgan fingerprint density at radius 3 is 2.68 bits per heavy atom. The zero-order valence-electron chi connectivity index (χ0n) is 18.6. The molecule has 1 fully saturated rings. The molecule has 0 spiro atoms.